The molecule has 3 nitrogen and oxygen atoms in total. The number of nitrogens with two attached hydrogens (primary N) is 1. The van der Waals surface area contributed by atoms with Gasteiger partial charge in [0.1, 0.15) is 0 Å². The van der Waals surface area contributed by atoms with E-state index in [4.69, 9.17) is 5.73 Å². The first-order valence-electron chi connectivity index (χ1n) is 4.60. The molecule has 1 unspecified atom stereocenters. The minimum absolute atomic E-state index is 0.00593. The van der Waals surface area contributed by atoms with Crippen LogP contribution >= 0.6 is 0 Å². The fraction of sp³-hybridized carbons (Fsp3) is 0.700. The fourth-order valence-electron chi connectivity index (χ4n) is 1.18. The van der Waals surface area contributed by atoms with Gasteiger partial charge in [-0.25, -0.2) is 0 Å². The van der Waals surface area contributed by atoms with Gasteiger partial charge in [-0.3, -0.25) is 4.79 Å². The molecule has 0 aromatic rings. The summed E-state index contributed by atoms with van der Waals surface area (Å²) in [6.45, 7) is 8.24. The molecule has 0 aliphatic carbocycles. The van der Waals surface area contributed by atoms with Gasteiger partial charge in [-0.2, -0.15) is 0 Å². The highest BCUT2D eigenvalue weighted by atomic mass is 16.2. The molecule has 0 radical (unpaired) electrons. The number of likely N-dealkylation sites (N-methyl/N-ethyl adjacent to an activating group) is 1. The Kier molecular flexibility index (Phi) is 5.39. The number of hydrogen-bond acceptors (Lipinski definition) is 2. The average molecular weight is 184 g/mol. The standard InChI is InChI=1S/C10H20N2O/c1-5-6-12(4)10(13)9(11)7-8(2)3/h5,8-9H,1,6-7,11H2,2-4H3. The number of amides is 1. The van der Waals surface area contributed by atoms with Crippen LogP contribution in [0.4, 0.5) is 0 Å². The Balaban J connectivity index is 4.00. The van der Waals surface area contributed by atoms with Crippen molar-refractivity contribution in [2.45, 2.75) is 26.3 Å². The molecular weight excluding hydrogens is 164 g/mol. The topological polar surface area (TPSA) is 46.3 Å². The second-order valence-corrected chi connectivity index (χ2v) is 3.74. The van der Waals surface area contributed by atoms with E-state index in [1.807, 2.05) is 0 Å². The van der Waals surface area contributed by atoms with Crippen LogP contribution in [0, 0.1) is 5.92 Å². The zero-order chi connectivity index (χ0) is 10.4. The highest BCUT2D eigenvalue weighted by molar-refractivity contribution is 5.81. The molecular formula is C10H20N2O. The molecule has 0 spiro atoms. The molecule has 0 aromatic heterocycles. The van der Waals surface area contributed by atoms with Crippen LogP contribution in [0.2, 0.25) is 0 Å². The Bertz CT molecular complexity index is 178. The van der Waals surface area contributed by atoms with E-state index in [0.29, 0.717) is 12.5 Å². The molecule has 0 aromatic carbocycles. The summed E-state index contributed by atoms with van der Waals surface area (Å²) in [5, 5.41) is 0. The van der Waals surface area contributed by atoms with E-state index in [-0.39, 0.29) is 11.9 Å². The summed E-state index contributed by atoms with van der Waals surface area (Å²) in [5.74, 6) is 0.449. The number of hydrogen-bond donors (Lipinski definition) is 1. The summed E-state index contributed by atoms with van der Waals surface area (Å²) < 4.78 is 0. The smallest absolute Gasteiger partial charge is 0.239 e. The molecule has 0 heterocycles. The molecule has 76 valence electrons. The largest absolute Gasteiger partial charge is 0.341 e. The summed E-state index contributed by atoms with van der Waals surface area (Å²) in [4.78, 5) is 13.1. The van der Waals surface area contributed by atoms with E-state index < -0.39 is 0 Å². The monoisotopic (exact) mass is 184 g/mol. The molecule has 0 aliphatic heterocycles. The van der Waals surface area contributed by atoms with E-state index in [2.05, 4.69) is 20.4 Å². The van der Waals surface area contributed by atoms with Gasteiger partial charge in [-0.05, 0) is 12.3 Å². The van der Waals surface area contributed by atoms with Crippen LogP contribution < -0.4 is 5.73 Å². The molecule has 1 atom stereocenters. The van der Waals surface area contributed by atoms with Gasteiger partial charge in [0, 0.05) is 13.6 Å². The van der Waals surface area contributed by atoms with E-state index in [1.165, 1.54) is 0 Å². The number of carbonyl (C=O) groups is 1. The van der Waals surface area contributed by atoms with Gasteiger partial charge in [0.05, 0.1) is 6.04 Å². The molecule has 0 aliphatic rings. The van der Waals surface area contributed by atoms with Crippen molar-refractivity contribution in [1.29, 1.82) is 0 Å². The second kappa shape index (κ2) is 5.75. The molecule has 0 saturated carbocycles. The maximum Gasteiger partial charge on any atom is 0.239 e. The van der Waals surface area contributed by atoms with E-state index in [9.17, 15) is 4.79 Å². The van der Waals surface area contributed by atoms with E-state index in [1.54, 1.807) is 18.0 Å². The van der Waals surface area contributed by atoms with Gasteiger partial charge in [-0.1, -0.05) is 19.9 Å². The van der Waals surface area contributed by atoms with E-state index in [0.717, 1.165) is 6.42 Å². The van der Waals surface area contributed by atoms with Gasteiger partial charge in [0.15, 0.2) is 0 Å². The van der Waals surface area contributed by atoms with Crippen molar-refractivity contribution in [2.24, 2.45) is 11.7 Å². The van der Waals surface area contributed by atoms with Crippen molar-refractivity contribution >= 4 is 5.91 Å². The Labute approximate surface area is 80.6 Å². The van der Waals surface area contributed by atoms with Crippen molar-refractivity contribution in [3.05, 3.63) is 12.7 Å². The lowest BCUT2D eigenvalue weighted by atomic mass is 10.0. The molecule has 0 rings (SSSR count). The van der Waals surface area contributed by atoms with Crippen LogP contribution in [-0.2, 0) is 4.79 Å². The molecule has 0 fully saturated rings. The maximum absolute atomic E-state index is 11.5. The normalized spacial score (nSPS) is 12.7. The minimum atomic E-state index is -0.370. The lowest BCUT2D eigenvalue weighted by Gasteiger charge is -2.20. The minimum Gasteiger partial charge on any atom is -0.341 e. The summed E-state index contributed by atoms with van der Waals surface area (Å²) in [5.41, 5.74) is 5.72. The SMILES string of the molecule is C=CCN(C)C(=O)C(N)CC(C)C. The van der Waals surface area contributed by atoms with E-state index >= 15 is 0 Å². The first kappa shape index (κ1) is 12.2. The molecule has 3 heteroatoms. The summed E-state index contributed by atoms with van der Waals surface area (Å²) in [7, 11) is 1.74. The van der Waals surface area contributed by atoms with Crippen molar-refractivity contribution in [2.75, 3.05) is 13.6 Å². The first-order chi connectivity index (χ1) is 5.99. The van der Waals surface area contributed by atoms with Crippen LogP contribution in [0.25, 0.3) is 0 Å². The summed E-state index contributed by atoms with van der Waals surface area (Å²) in [6, 6.07) is -0.370. The van der Waals surface area contributed by atoms with Crippen molar-refractivity contribution < 1.29 is 4.79 Å². The predicted octanol–water partition coefficient (Wildman–Crippen LogP) is 1.00. The summed E-state index contributed by atoms with van der Waals surface area (Å²) >= 11 is 0. The van der Waals surface area contributed by atoms with Gasteiger partial charge < -0.3 is 10.6 Å². The third-order valence-corrected chi connectivity index (χ3v) is 1.82. The van der Waals surface area contributed by atoms with Crippen molar-refractivity contribution in [3.63, 3.8) is 0 Å². The lowest BCUT2D eigenvalue weighted by molar-refractivity contribution is -0.131. The van der Waals surface area contributed by atoms with Gasteiger partial charge in [0.2, 0.25) is 5.91 Å². The fourth-order valence-corrected chi connectivity index (χ4v) is 1.18. The van der Waals surface area contributed by atoms with Crippen LogP contribution in [0.15, 0.2) is 12.7 Å². The molecule has 2 N–H and O–H groups in total. The first-order valence-corrected chi connectivity index (χ1v) is 4.60. The number of carbonyl (C=O) groups excluding carboxylic acids is 1. The lowest BCUT2D eigenvalue weighted by Crippen LogP contribution is -2.42. The van der Waals surface area contributed by atoms with Crippen LogP contribution in [0.1, 0.15) is 20.3 Å². The highest BCUT2D eigenvalue weighted by Gasteiger charge is 2.17. The Morgan fingerprint density at radius 2 is 2.15 bits per heavy atom. The van der Waals surface area contributed by atoms with Gasteiger partial charge in [0.25, 0.3) is 0 Å². The average Bonchev–Trinajstić information content (AvgIpc) is 2.02. The Morgan fingerprint density at radius 1 is 1.62 bits per heavy atom. The van der Waals surface area contributed by atoms with Crippen molar-refractivity contribution in [1.82, 2.24) is 4.90 Å². The third-order valence-electron chi connectivity index (χ3n) is 1.82. The molecule has 0 saturated heterocycles. The molecule has 1 amide bonds. The molecule has 0 bridgehead atoms. The van der Waals surface area contributed by atoms with Gasteiger partial charge >= 0.3 is 0 Å². The summed E-state index contributed by atoms with van der Waals surface area (Å²) in [6.07, 6.45) is 2.43. The molecule has 13 heavy (non-hydrogen) atoms. The Hall–Kier alpha value is -0.830. The second-order valence-electron chi connectivity index (χ2n) is 3.74. The quantitative estimate of drug-likeness (QED) is 0.648. The van der Waals surface area contributed by atoms with Crippen LogP contribution in [0.5, 0.6) is 0 Å². The highest BCUT2D eigenvalue weighted by Crippen LogP contribution is 2.04. The van der Waals surface area contributed by atoms with Crippen molar-refractivity contribution in [3.8, 4) is 0 Å². The zero-order valence-electron chi connectivity index (χ0n) is 8.79. The predicted molar refractivity (Wildman–Crippen MR) is 55.3 cm³/mol. The number of rotatable bonds is 5. The van der Waals surface area contributed by atoms with Gasteiger partial charge in [-0.15, -0.1) is 6.58 Å². The zero-order valence-corrected chi connectivity index (χ0v) is 8.79. The third kappa shape index (κ3) is 4.68. The van der Waals surface area contributed by atoms with Crippen LogP contribution in [0.3, 0.4) is 0 Å². The Morgan fingerprint density at radius 3 is 2.54 bits per heavy atom. The van der Waals surface area contributed by atoms with Crippen LogP contribution in [-0.4, -0.2) is 30.4 Å². The number of nitrogens with zero attached hydrogens (tertiary/aromatic N) is 1. The maximum atomic E-state index is 11.5.